The highest BCUT2D eigenvalue weighted by Crippen LogP contribution is 2.31. The predicted octanol–water partition coefficient (Wildman–Crippen LogP) is 5.26. The molecule has 2 rings (SSSR count). The van der Waals surface area contributed by atoms with E-state index in [-0.39, 0.29) is 28.8 Å². The third-order valence-electron chi connectivity index (χ3n) is 4.83. The highest BCUT2D eigenvalue weighted by molar-refractivity contribution is 7.89. The molecule has 8 heteroatoms. The number of fused-ring (bicyclic) bond motifs is 1. The van der Waals surface area contributed by atoms with E-state index in [2.05, 4.69) is 24.1 Å². The third kappa shape index (κ3) is 5.55. The van der Waals surface area contributed by atoms with Gasteiger partial charge in [-0.05, 0) is 58.7 Å². The van der Waals surface area contributed by atoms with E-state index in [1.807, 2.05) is 27.7 Å². The van der Waals surface area contributed by atoms with Crippen molar-refractivity contribution in [2.24, 2.45) is 5.92 Å². The number of thiazole rings is 1. The Labute approximate surface area is 178 Å². The fraction of sp³-hybridized carbons (Fsp3) is 0.619. The van der Waals surface area contributed by atoms with Gasteiger partial charge in [-0.1, -0.05) is 38.0 Å². The number of nitrogens with one attached hydrogen (secondary N) is 1. The molecule has 0 saturated heterocycles. The first-order chi connectivity index (χ1) is 13.6. The smallest absolute Gasteiger partial charge is 0.243 e. The summed E-state index contributed by atoms with van der Waals surface area (Å²) in [6, 6.07) is 4.69. The Hall–Kier alpha value is -1.51. The Morgan fingerprint density at radius 3 is 2.21 bits per heavy atom. The summed E-state index contributed by atoms with van der Waals surface area (Å²) in [4.78, 5) is 17.3. The summed E-state index contributed by atoms with van der Waals surface area (Å²) in [6.07, 6.45) is 3.63. The highest BCUT2D eigenvalue weighted by atomic mass is 32.2. The van der Waals surface area contributed by atoms with Crippen LogP contribution in [0.3, 0.4) is 0 Å². The van der Waals surface area contributed by atoms with Crippen LogP contribution in [0, 0.1) is 5.92 Å². The van der Waals surface area contributed by atoms with Gasteiger partial charge < -0.3 is 5.32 Å². The lowest BCUT2D eigenvalue weighted by Gasteiger charge is -2.29. The monoisotopic (exact) mass is 439 g/mol. The second-order valence-electron chi connectivity index (χ2n) is 7.93. The van der Waals surface area contributed by atoms with Gasteiger partial charge >= 0.3 is 0 Å². The van der Waals surface area contributed by atoms with Gasteiger partial charge in [-0.3, -0.25) is 4.79 Å². The van der Waals surface area contributed by atoms with Crippen molar-refractivity contribution in [1.82, 2.24) is 9.29 Å². The number of amides is 1. The summed E-state index contributed by atoms with van der Waals surface area (Å²) in [6.45, 7) is 11.7. The number of aromatic nitrogens is 1. The molecule has 1 amide bonds. The summed E-state index contributed by atoms with van der Waals surface area (Å²) in [5.74, 6) is -0.0232. The maximum absolute atomic E-state index is 13.1. The molecule has 6 nitrogen and oxygen atoms in total. The highest BCUT2D eigenvalue weighted by Gasteiger charge is 2.30. The van der Waals surface area contributed by atoms with Crippen LogP contribution in [0.5, 0.6) is 0 Å². The minimum Gasteiger partial charge on any atom is -0.302 e. The molecule has 0 spiro atoms. The molecular formula is C21H33N3O3S2. The van der Waals surface area contributed by atoms with E-state index in [4.69, 9.17) is 0 Å². The molecule has 2 aromatic rings. The standard InChI is InChI=1S/C21H33N3O3S2/c1-7-9-16(10-8-2)20(25)23-21-22-18-12-11-17(13-19(18)28-21)29(26,27)24(14(3)4)15(5)6/h11-16H,7-10H2,1-6H3,(H,22,23,25). The molecule has 162 valence electrons. The van der Waals surface area contributed by atoms with Crippen LogP contribution in [-0.4, -0.2) is 35.7 Å². The van der Waals surface area contributed by atoms with Crippen molar-refractivity contribution in [3.05, 3.63) is 18.2 Å². The van der Waals surface area contributed by atoms with Crippen LogP contribution >= 0.6 is 11.3 Å². The number of hydrogen-bond acceptors (Lipinski definition) is 5. The number of carbonyl (C=O) groups is 1. The fourth-order valence-corrected chi connectivity index (χ4v) is 6.55. The number of nitrogens with zero attached hydrogens (tertiary/aromatic N) is 2. The van der Waals surface area contributed by atoms with Gasteiger partial charge in [0.25, 0.3) is 0 Å². The molecule has 29 heavy (non-hydrogen) atoms. The molecule has 1 N–H and O–H groups in total. The van der Waals surface area contributed by atoms with Crippen molar-refractivity contribution in [2.45, 2.75) is 84.2 Å². The topological polar surface area (TPSA) is 79.4 Å². The lowest BCUT2D eigenvalue weighted by molar-refractivity contribution is -0.120. The van der Waals surface area contributed by atoms with Gasteiger partial charge in [0.2, 0.25) is 15.9 Å². The first-order valence-electron chi connectivity index (χ1n) is 10.4. The Morgan fingerprint density at radius 1 is 1.10 bits per heavy atom. The molecule has 0 aliphatic carbocycles. The van der Waals surface area contributed by atoms with E-state index >= 15 is 0 Å². The molecule has 0 bridgehead atoms. The van der Waals surface area contributed by atoms with E-state index in [1.165, 1.54) is 15.6 Å². The molecule has 1 heterocycles. The van der Waals surface area contributed by atoms with Crippen molar-refractivity contribution in [3.63, 3.8) is 0 Å². The lowest BCUT2D eigenvalue weighted by Crippen LogP contribution is -2.41. The molecule has 0 unspecified atom stereocenters. The molecule has 0 fully saturated rings. The van der Waals surface area contributed by atoms with E-state index in [1.54, 1.807) is 18.2 Å². The van der Waals surface area contributed by atoms with E-state index in [9.17, 15) is 13.2 Å². The van der Waals surface area contributed by atoms with Crippen LogP contribution in [0.1, 0.15) is 67.2 Å². The van der Waals surface area contributed by atoms with Crippen molar-refractivity contribution in [3.8, 4) is 0 Å². The van der Waals surface area contributed by atoms with E-state index in [0.29, 0.717) is 10.6 Å². The van der Waals surface area contributed by atoms with E-state index in [0.717, 1.165) is 30.4 Å². The Bertz CT molecular complexity index is 922. The number of anilines is 1. The van der Waals surface area contributed by atoms with Crippen molar-refractivity contribution < 1.29 is 13.2 Å². The normalized spacial score (nSPS) is 12.6. The second kappa shape index (κ2) is 10.00. The largest absolute Gasteiger partial charge is 0.302 e. The third-order valence-corrected chi connectivity index (χ3v) is 8.01. The molecule has 0 atom stereocenters. The Kier molecular flexibility index (Phi) is 8.19. The van der Waals surface area contributed by atoms with Gasteiger partial charge in [-0.15, -0.1) is 0 Å². The maximum atomic E-state index is 13.1. The van der Waals surface area contributed by atoms with Crippen molar-refractivity contribution >= 4 is 42.6 Å². The number of rotatable bonds is 10. The van der Waals surface area contributed by atoms with Gasteiger partial charge in [-0.25, -0.2) is 13.4 Å². The summed E-state index contributed by atoms with van der Waals surface area (Å²) in [5, 5.41) is 3.44. The predicted molar refractivity (Wildman–Crippen MR) is 121 cm³/mol. The number of carbonyl (C=O) groups excluding carboxylic acids is 1. The first-order valence-corrected chi connectivity index (χ1v) is 12.6. The lowest BCUT2D eigenvalue weighted by atomic mass is 9.97. The number of benzene rings is 1. The molecule has 1 aromatic carbocycles. The zero-order valence-corrected chi connectivity index (χ0v) is 19.9. The van der Waals surface area contributed by atoms with Crippen LogP contribution in [0.15, 0.2) is 23.1 Å². The number of sulfonamides is 1. The quantitative estimate of drug-likeness (QED) is 0.548. The van der Waals surface area contributed by atoms with Gasteiger partial charge in [0.1, 0.15) is 0 Å². The zero-order valence-electron chi connectivity index (χ0n) is 18.2. The zero-order chi connectivity index (χ0) is 21.8. The van der Waals surface area contributed by atoms with Gasteiger partial charge in [0.05, 0.1) is 15.1 Å². The summed E-state index contributed by atoms with van der Waals surface area (Å²) < 4.78 is 28.5. The van der Waals surface area contributed by atoms with Crippen LogP contribution < -0.4 is 5.32 Å². The van der Waals surface area contributed by atoms with Crippen LogP contribution in [-0.2, 0) is 14.8 Å². The summed E-state index contributed by atoms with van der Waals surface area (Å²) in [7, 11) is -3.61. The van der Waals surface area contributed by atoms with Crippen LogP contribution in [0.4, 0.5) is 5.13 Å². The second-order valence-corrected chi connectivity index (χ2v) is 10.8. The first kappa shape index (κ1) is 23.8. The molecule has 0 saturated carbocycles. The summed E-state index contributed by atoms with van der Waals surface area (Å²) >= 11 is 1.31. The minimum absolute atomic E-state index is 0.00797. The average molecular weight is 440 g/mol. The number of hydrogen-bond donors (Lipinski definition) is 1. The average Bonchev–Trinajstić information content (AvgIpc) is 3.01. The fourth-order valence-electron chi connectivity index (χ4n) is 3.70. The molecule has 1 aromatic heterocycles. The molecule has 0 aliphatic rings. The minimum atomic E-state index is -3.61. The molecular weight excluding hydrogens is 406 g/mol. The Balaban J connectivity index is 2.31. The van der Waals surface area contributed by atoms with Gasteiger partial charge in [0, 0.05) is 18.0 Å². The van der Waals surface area contributed by atoms with Gasteiger partial charge in [0.15, 0.2) is 5.13 Å². The van der Waals surface area contributed by atoms with Crippen LogP contribution in [0.25, 0.3) is 10.2 Å². The van der Waals surface area contributed by atoms with Crippen molar-refractivity contribution in [2.75, 3.05) is 5.32 Å². The SMILES string of the molecule is CCCC(CCC)C(=O)Nc1nc2ccc(S(=O)(=O)N(C(C)C)C(C)C)cc2s1. The van der Waals surface area contributed by atoms with Gasteiger partial charge in [-0.2, -0.15) is 4.31 Å². The maximum Gasteiger partial charge on any atom is 0.243 e. The summed E-state index contributed by atoms with van der Waals surface area (Å²) in [5.41, 5.74) is 0.687. The Morgan fingerprint density at radius 2 is 1.69 bits per heavy atom. The molecule has 0 aliphatic heterocycles. The van der Waals surface area contributed by atoms with Crippen molar-refractivity contribution in [1.29, 1.82) is 0 Å². The van der Waals surface area contributed by atoms with Crippen LogP contribution in [0.2, 0.25) is 0 Å². The van der Waals surface area contributed by atoms with E-state index < -0.39 is 10.0 Å². The molecule has 0 radical (unpaired) electrons.